The van der Waals surface area contributed by atoms with Crippen LogP contribution in [0.1, 0.15) is 40.1 Å². The number of hydrogen-bond acceptors (Lipinski definition) is 4. The molecule has 150 valence electrons. The van der Waals surface area contributed by atoms with Gasteiger partial charge in [-0.3, -0.25) is 4.79 Å². The normalized spacial score (nSPS) is 11.7. The fraction of sp³-hybridized carbons (Fsp3) is 0.120. The van der Waals surface area contributed by atoms with Crippen molar-refractivity contribution in [2.24, 2.45) is 0 Å². The maximum Gasteiger partial charge on any atom is 0.337 e. The molecule has 0 saturated heterocycles. The van der Waals surface area contributed by atoms with Gasteiger partial charge < -0.3 is 15.3 Å². The zero-order valence-corrected chi connectivity index (χ0v) is 16.8. The summed E-state index contributed by atoms with van der Waals surface area (Å²) in [5.41, 5.74) is 5.51. The summed E-state index contributed by atoms with van der Waals surface area (Å²) in [5, 5.41) is 12.9. The molecule has 0 spiro atoms. The Labute approximate surface area is 175 Å². The Morgan fingerprint density at radius 1 is 0.933 bits per heavy atom. The van der Waals surface area contributed by atoms with Crippen LogP contribution in [-0.4, -0.2) is 23.4 Å². The van der Waals surface area contributed by atoms with Gasteiger partial charge in [-0.15, -0.1) is 0 Å². The lowest BCUT2D eigenvalue weighted by molar-refractivity contribution is 0.0697. The zero-order valence-electron chi connectivity index (χ0n) is 16.8. The van der Waals surface area contributed by atoms with Gasteiger partial charge in [0.05, 0.1) is 28.3 Å². The summed E-state index contributed by atoms with van der Waals surface area (Å²) in [5.74, 6) is -1.04. The zero-order chi connectivity index (χ0) is 21.3. The Hall–Kier alpha value is -3.86. The molecule has 0 radical (unpaired) electrons. The average Bonchev–Trinajstić information content (AvgIpc) is 2.75. The molecule has 1 aliphatic rings. The molecule has 1 heterocycles. The molecule has 0 bridgehead atoms. The second kappa shape index (κ2) is 7.87. The molecule has 0 fully saturated rings. The van der Waals surface area contributed by atoms with Crippen molar-refractivity contribution in [3.05, 3.63) is 95.1 Å². The number of ketones is 1. The number of carbonyl (C=O) groups is 2. The number of benzene rings is 3. The van der Waals surface area contributed by atoms with Crippen molar-refractivity contribution in [3.8, 4) is 0 Å². The summed E-state index contributed by atoms with van der Waals surface area (Å²) >= 11 is 0. The van der Waals surface area contributed by atoms with E-state index in [0.717, 1.165) is 22.6 Å². The Kier molecular flexibility index (Phi) is 5.11. The minimum atomic E-state index is -0.985. The summed E-state index contributed by atoms with van der Waals surface area (Å²) in [7, 11) is 0. The number of anilines is 4. The molecule has 0 aromatic heterocycles. The number of allylic oxidation sites excluding steroid dienone is 1. The van der Waals surface area contributed by atoms with Crippen molar-refractivity contribution in [2.45, 2.75) is 13.8 Å². The minimum Gasteiger partial charge on any atom is -0.478 e. The summed E-state index contributed by atoms with van der Waals surface area (Å²) in [4.78, 5) is 26.8. The van der Waals surface area contributed by atoms with Gasteiger partial charge in [0.2, 0.25) is 0 Å². The first-order valence-corrected chi connectivity index (χ1v) is 9.73. The van der Waals surface area contributed by atoms with Crippen LogP contribution in [0.25, 0.3) is 0 Å². The van der Waals surface area contributed by atoms with Crippen molar-refractivity contribution in [1.82, 2.24) is 0 Å². The number of para-hydroxylation sites is 1. The molecule has 3 aromatic rings. The highest BCUT2D eigenvalue weighted by atomic mass is 16.4. The number of aromatic carboxylic acids is 1. The number of fused-ring (bicyclic) bond motifs is 2. The van der Waals surface area contributed by atoms with Crippen molar-refractivity contribution in [3.63, 3.8) is 0 Å². The van der Waals surface area contributed by atoms with Gasteiger partial charge in [0.15, 0.2) is 5.78 Å². The Morgan fingerprint density at radius 3 is 2.40 bits per heavy atom. The van der Waals surface area contributed by atoms with Crippen LogP contribution < -0.4 is 10.2 Å². The smallest absolute Gasteiger partial charge is 0.337 e. The van der Waals surface area contributed by atoms with Crippen molar-refractivity contribution in [1.29, 1.82) is 0 Å². The highest BCUT2D eigenvalue weighted by Gasteiger charge is 2.26. The predicted molar refractivity (Wildman–Crippen MR) is 119 cm³/mol. The molecule has 0 amide bonds. The first kappa shape index (κ1) is 19.5. The molecule has 4 rings (SSSR count). The van der Waals surface area contributed by atoms with Gasteiger partial charge in [0.1, 0.15) is 0 Å². The third kappa shape index (κ3) is 3.57. The standard InChI is InChI=1S/C25H22N2O3/c1-16(2)13-14-27-21-10-6-9-19(25(29)30)23(21)26-20-12-11-18(15-22(20)27)24(28)17-7-4-3-5-8-17/h3-13,15,26H,14H2,1-2H3,(H,29,30). The fourth-order valence-corrected chi connectivity index (χ4v) is 3.57. The number of carboxylic acids is 1. The van der Waals surface area contributed by atoms with E-state index in [-0.39, 0.29) is 11.3 Å². The van der Waals surface area contributed by atoms with E-state index in [1.807, 2.05) is 55.1 Å². The second-order valence-corrected chi connectivity index (χ2v) is 7.45. The molecule has 5 nitrogen and oxygen atoms in total. The van der Waals surface area contributed by atoms with Crippen LogP contribution in [0.15, 0.2) is 78.4 Å². The van der Waals surface area contributed by atoms with Crippen LogP contribution in [0.4, 0.5) is 22.7 Å². The molecule has 0 unspecified atom stereocenters. The second-order valence-electron chi connectivity index (χ2n) is 7.45. The van der Waals surface area contributed by atoms with E-state index in [9.17, 15) is 14.7 Å². The maximum atomic E-state index is 13.0. The van der Waals surface area contributed by atoms with Gasteiger partial charge in [-0.1, -0.05) is 48.0 Å². The molecule has 0 atom stereocenters. The van der Waals surface area contributed by atoms with E-state index in [1.54, 1.807) is 30.3 Å². The van der Waals surface area contributed by atoms with Crippen LogP contribution in [0.3, 0.4) is 0 Å². The number of carbonyl (C=O) groups excluding carboxylic acids is 1. The number of nitrogens with zero attached hydrogens (tertiary/aromatic N) is 1. The summed E-state index contributed by atoms with van der Waals surface area (Å²) in [6.45, 7) is 4.61. The fourth-order valence-electron chi connectivity index (χ4n) is 3.57. The molecule has 0 aliphatic carbocycles. The number of hydrogen-bond donors (Lipinski definition) is 2. The summed E-state index contributed by atoms with van der Waals surface area (Å²) < 4.78 is 0. The third-order valence-corrected chi connectivity index (χ3v) is 5.09. The van der Waals surface area contributed by atoms with E-state index in [1.165, 1.54) is 0 Å². The van der Waals surface area contributed by atoms with Crippen LogP contribution >= 0.6 is 0 Å². The SMILES string of the molecule is CC(C)=CCN1c2cc(C(=O)c3ccccc3)ccc2Nc2c(C(=O)O)cccc21. The molecule has 30 heavy (non-hydrogen) atoms. The largest absolute Gasteiger partial charge is 0.478 e. The van der Waals surface area contributed by atoms with Gasteiger partial charge in [0.25, 0.3) is 0 Å². The van der Waals surface area contributed by atoms with E-state index in [4.69, 9.17) is 0 Å². The van der Waals surface area contributed by atoms with Crippen LogP contribution in [0.2, 0.25) is 0 Å². The summed E-state index contributed by atoms with van der Waals surface area (Å²) in [6.07, 6.45) is 2.08. The highest BCUT2D eigenvalue weighted by molar-refractivity contribution is 6.11. The number of carboxylic acid groups (broad SMARTS) is 1. The van der Waals surface area contributed by atoms with E-state index >= 15 is 0 Å². The summed E-state index contributed by atoms with van der Waals surface area (Å²) in [6, 6.07) is 19.9. The van der Waals surface area contributed by atoms with E-state index in [0.29, 0.717) is 23.4 Å². The topological polar surface area (TPSA) is 69.6 Å². The van der Waals surface area contributed by atoms with Crippen molar-refractivity contribution < 1.29 is 14.7 Å². The Balaban J connectivity index is 1.83. The average molecular weight is 398 g/mol. The molecular weight excluding hydrogens is 376 g/mol. The van der Waals surface area contributed by atoms with Gasteiger partial charge in [-0.25, -0.2) is 4.79 Å². The quantitative estimate of drug-likeness (QED) is 0.421. The minimum absolute atomic E-state index is 0.0503. The first-order chi connectivity index (χ1) is 14.5. The molecule has 3 aromatic carbocycles. The van der Waals surface area contributed by atoms with Gasteiger partial charge in [-0.05, 0) is 44.2 Å². The van der Waals surface area contributed by atoms with Gasteiger partial charge >= 0.3 is 5.97 Å². The molecular formula is C25H22N2O3. The molecule has 0 saturated carbocycles. The van der Waals surface area contributed by atoms with E-state index < -0.39 is 5.97 Å². The lowest BCUT2D eigenvalue weighted by atomic mass is 9.99. The van der Waals surface area contributed by atoms with Gasteiger partial charge in [-0.2, -0.15) is 0 Å². The molecule has 1 aliphatic heterocycles. The molecule has 5 heteroatoms. The van der Waals surface area contributed by atoms with E-state index in [2.05, 4.69) is 11.4 Å². The highest BCUT2D eigenvalue weighted by Crippen LogP contribution is 2.45. The van der Waals surface area contributed by atoms with Crippen molar-refractivity contribution in [2.75, 3.05) is 16.8 Å². The van der Waals surface area contributed by atoms with Crippen LogP contribution in [-0.2, 0) is 0 Å². The predicted octanol–water partition coefficient (Wildman–Crippen LogP) is 5.78. The van der Waals surface area contributed by atoms with Crippen LogP contribution in [0, 0.1) is 0 Å². The third-order valence-electron chi connectivity index (χ3n) is 5.09. The molecule has 2 N–H and O–H groups in total. The Bertz CT molecular complexity index is 1160. The lowest BCUT2D eigenvalue weighted by Gasteiger charge is -2.34. The van der Waals surface area contributed by atoms with Gasteiger partial charge in [0, 0.05) is 17.7 Å². The van der Waals surface area contributed by atoms with Crippen LogP contribution in [0.5, 0.6) is 0 Å². The maximum absolute atomic E-state index is 13.0. The number of nitrogens with one attached hydrogen (secondary N) is 1. The van der Waals surface area contributed by atoms with Crippen molar-refractivity contribution >= 4 is 34.5 Å². The monoisotopic (exact) mass is 398 g/mol. The Morgan fingerprint density at radius 2 is 1.70 bits per heavy atom. The first-order valence-electron chi connectivity index (χ1n) is 9.73. The number of rotatable bonds is 5. The lowest BCUT2D eigenvalue weighted by Crippen LogP contribution is -2.24.